The second-order valence-corrected chi connectivity index (χ2v) is 5.05. The molecular weight excluding hydrogens is 326 g/mol. The molecule has 0 radical (unpaired) electrons. The van der Waals surface area contributed by atoms with Gasteiger partial charge in [0.1, 0.15) is 11.6 Å². The van der Waals surface area contributed by atoms with Gasteiger partial charge in [-0.15, -0.1) is 0 Å². The van der Waals surface area contributed by atoms with Gasteiger partial charge in [-0.05, 0) is 22.9 Å². The number of amides is 2. The molecule has 0 unspecified atom stereocenters. The minimum atomic E-state index is -0.343. The summed E-state index contributed by atoms with van der Waals surface area (Å²) in [5.74, 6) is 1.88. The van der Waals surface area contributed by atoms with E-state index in [1.165, 1.54) is 0 Å². The van der Waals surface area contributed by atoms with Gasteiger partial charge in [0, 0.05) is 13.5 Å². The lowest BCUT2D eigenvalue weighted by molar-refractivity contribution is 0.250. The smallest absolute Gasteiger partial charge is 0.320 e. The minimum absolute atomic E-state index is 0.236. The van der Waals surface area contributed by atoms with E-state index in [2.05, 4.69) is 36.6 Å². The van der Waals surface area contributed by atoms with Crippen molar-refractivity contribution in [3.05, 3.63) is 28.0 Å². The first-order valence-electron chi connectivity index (χ1n) is 6.18. The largest absolute Gasteiger partial charge is 0.444 e. The number of nitrogens with one attached hydrogen (secondary N) is 2. The van der Waals surface area contributed by atoms with Crippen LogP contribution in [0, 0.1) is 6.92 Å². The van der Waals surface area contributed by atoms with Crippen LogP contribution in [0.4, 0.5) is 10.6 Å². The van der Waals surface area contributed by atoms with Crippen LogP contribution in [-0.2, 0) is 20.0 Å². The number of rotatable bonds is 4. The van der Waals surface area contributed by atoms with E-state index in [0.717, 1.165) is 22.3 Å². The first kappa shape index (κ1) is 14.6. The Morgan fingerprint density at radius 2 is 2.30 bits per heavy atom. The van der Waals surface area contributed by atoms with Crippen LogP contribution in [-0.4, -0.2) is 20.8 Å². The van der Waals surface area contributed by atoms with E-state index in [1.807, 2.05) is 13.8 Å². The van der Waals surface area contributed by atoms with Crippen molar-refractivity contribution in [2.24, 2.45) is 7.05 Å². The van der Waals surface area contributed by atoms with Crippen LogP contribution >= 0.6 is 15.9 Å². The average molecular weight is 342 g/mol. The summed E-state index contributed by atoms with van der Waals surface area (Å²) in [6.07, 6.45) is 2.44. The van der Waals surface area contributed by atoms with Gasteiger partial charge in [0.2, 0.25) is 5.89 Å². The molecule has 108 valence electrons. The molecule has 2 aromatic rings. The fourth-order valence-electron chi connectivity index (χ4n) is 1.67. The van der Waals surface area contributed by atoms with Crippen LogP contribution in [0.5, 0.6) is 0 Å². The van der Waals surface area contributed by atoms with E-state index in [0.29, 0.717) is 11.7 Å². The van der Waals surface area contributed by atoms with E-state index < -0.39 is 0 Å². The molecular formula is C12H16BrN5O2. The molecule has 2 rings (SSSR count). The maximum Gasteiger partial charge on any atom is 0.320 e. The molecule has 0 saturated carbocycles. The lowest BCUT2D eigenvalue weighted by Crippen LogP contribution is -2.29. The summed E-state index contributed by atoms with van der Waals surface area (Å²) in [6.45, 7) is 4.07. The summed E-state index contributed by atoms with van der Waals surface area (Å²) in [7, 11) is 1.76. The van der Waals surface area contributed by atoms with Gasteiger partial charge in [-0.3, -0.25) is 10.00 Å². The predicted octanol–water partition coefficient (Wildman–Crippen LogP) is 2.36. The number of nitrogens with zero attached hydrogens (tertiary/aromatic N) is 3. The topological polar surface area (TPSA) is 85.0 Å². The Morgan fingerprint density at radius 3 is 2.85 bits per heavy atom. The van der Waals surface area contributed by atoms with E-state index in [-0.39, 0.29) is 12.6 Å². The molecule has 0 spiro atoms. The summed E-state index contributed by atoms with van der Waals surface area (Å²) in [6, 6.07) is -0.343. The Hall–Kier alpha value is -1.83. The van der Waals surface area contributed by atoms with Crippen LogP contribution in [0.25, 0.3) is 0 Å². The number of oxazole rings is 1. The summed E-state index contributed by atoms with van der Waals surface area (Å²) < 4.78 is 7.76. The van der Waals surface area contributed by atoms with Gasteiger partial charge in [0.25, 0.3) is 0 Å². The fraction of sp³-hybridized carbons (Fsp3) is 0.417. The predicted molar refractivity (Wildman–Crippen MR) is 77.4 cm³/mol. The van der Waals surface area contributed by atoms with Crippen molar-refractivity contribution in [2.45, 2.75) is 26.8 Å². The minimum Gasteiger partial charge on any atom is -0.444 e. The molecule has 0 aliphatic rings. The van der Waals surface area contributed by atoms with Crippen molar-refractivity contribution in [3.63, 3.8) is 0 Å². The van der Waals surface area contributed by atoms with Gasteiger partial charge in [0.15, 0.2) is 0 Å². The molecule has 0 saturated heterocycles. The van der Waals surface area contributed by atoms with E-state index in [9.17, 15) is 4.79 Å². The lowest BCUT2D eigenvalue weighted by Gasteiger charge is -2.06. The maximum absolute atomic E-state index is 11.8. The molecule has 20 heavy (non-hydrogen) atoms. The number of aryl methyl sites for hydroxylation is 3. The summed E-state index contributed by atoms with van der Waals surface area (Å²) in [5, 5.41) is 9.60. The molecule has 0 atom stereocenters. The quantitative estimate of drug-likeness (QED) is 0.893. The van der Waals surface area contributed by atoms with Gasteiger partial charge in [-0.25, -0.2) is 9.78 Å². The molecule has 0 aliphatic heterocycles. The fourth-order valence-corrected chi connectivity index (χ4v) is 2.10. The van der Waals surface area contributed by atoms with Gasteiger partial charge in [-0.1, -0.05) is 6.92 Å². The first-order valence-corrected chi connectivity index (χ1v) is 6.98. The highest BCUT2D eigenvalue weighted by molar-refractivity contribution is 9.10. The summed E-state index contributed by atoms with van der Waals surface area (Å²) in [4.78, 5) is 15.9. The van der Waals surface area contributed by atoms with E-state index >= 15 is 0 Å². The number of carbonyl (C=O) groups is 1. The van der Waals surface area contributed by atoms with E-state index in [1.54, 1.807) is 17.9 Å². The second-order valence-electron chi connectivity index (χ2n) is 4.25. The Bertz CT molecular complexity index is 619. The molecule has 2 heterocycles. The SMILES string of the molecule is CCc1cnc(CNC(=O)Nc2c(Br)c(C)nn2C)o1. The Morgan fingerprint density at radius 1 is 1.55 bits per heavy atom. The molecule has 8 heteroatoms. The highest BCUT2D eigenvalue weighted by Gasteiger charge is 2.13. The van der Waals surface area contributed by atoms with Crippen molar-refractivity contribution in [1.29, 1.82) is 0 Å². The van der Waals surface area contributed by atoms with Crippen molar-refractivity contribution >= 4 is 27.8 Å². The zero-order valence-corrected chi connectivity index (χ0v) is 13.1. The van der Waals surface area contributed by atoms with Crippen LogP contribution in [0.15, 0.2) is 15.1 Å². The number of hydrogen-bond donors (Lipinski definition) is 2. The highest BCUT2D eigenvalue weighted by atomic mass is 79.9. The zero-order chi connectivity index (χ0) is 14.7. The zero-order valence-electron chi connectivity index (χ0n) is 11.5. The molecule has 0 bridgehead atoms. The molecule has 7 nitrogen and oxygen atoms in total. The van der Waals surface area contributed by atoms with E-state index in [4.69, 9.17) is 4.42 Å². The molecule has 2 N–H and O–H groups in total. The number of hydrogen-bond acceptors (Lipinski definition) is 4. The van der Waals surface area contributed by atoms with Crippen molar-refractivity contribution in [1.82, 2.24) is 20.1 Å². The lowest BCUT2D eigenvalue weighted by atomic mass is 10.4. The van der Waals surface area contributed by atoms with Crippen LogP contribution in [0.2, 0.25) is 0 Å². The number of urea groups is 1. The number of carbonyl (C=O) groups excluding carboxylic acids is 1. The van der Waals surface area contributed by atoms with Crippen molar-refractivity contribution < 1.29 is 9.21 Å². The third kappa shape index (κ3) is 3.19. The Labute approximate surface area is 124 Å². The van der Waals surface area contributed by atoms with Gasteiger partial charge in [-0.2, -0.15) is 5.10 Å². The average Bonchev–Trinajstić information content (AvgIpc) is 2.97. The summed E-state index contributed by atoms with van der Waals surface area (Å²) >= 11 is 3.38. The maximum atomic E-state index is 11.8. The standard InChI is InChI=1S/C12H16BrN5O2/c1-4-8-5-14-9(20-8)6-15-12(19)16-11-10(13)7(2)17-18(11)3/h5H,4,6H2,1-3H3,(H2,15,16,19). The highest BCUT2D eigenvalue weighted by Crippen LogP contribution is 2.24. The van der Waals surface area contributed by atoms with Crippen LogP contribution in [0.3, 0.4) is 0 Å². The number of aromatic nitrogens is 3. The normalized spacial score (nSPS) is 10.6. The molecule has 0 fully saturated rings. The first-order chi connectivity index (χ1) is 9.51. The molecule has 2 aromatic heterocycles. The number of anilines is 1. The molecule has 2 amide bonds. The third-order valence-electron chi connectivity index (χ3n) is 2.73. The third-order valence-corrected chi connectivity index (χ3v) is 3.68. The Kier molecular flexibility index (Phi) is 4.43. The van der Waals surface area contributed by atoms with Crippen LogP contribution < -0.4 is 10.6 Å². The molecule has 0 aliphatic carbocycles. The second kappa shape index (κ2) is 6.08. The van der Waals surface area contributed by atoms with Crippen LogP contribution in [0.1, 0.15) is 24.3 Å². The van der Waals surface area contributed by atoms with Gasteiger partial charge >= 0.3 is 6.03 Å². The van der Waals surface area contributed by atoms with Gasteiger partial charge in [0.05, 0.1) is 22.9 Å². The van der Waals surface area contributed by atoms with Gasteiger partial charge < -0.3 is 9.73 Å². The van der Waals surface area contributed by atoms with Crippen molar-refractivity contribution in [2.75, 3.05) is 5.32 Å². The van der Waals surface area contributed by atoms with Crippen molar-refractivity contribution in [3.8, 4) is 0 Å². The Balaban J connectivity index is 1.92. The monoisotopic (exact) mass is 341 g/mol. The molecule has 0 aromatic carbocycles. The number of halogens is 1. The summed E-state index contributed by atoms with van der Waals surface area (Å²) in [5.41, 5.74) is 0.808.